The Labute approximate surface area is 173 Å². The van der Waals surface area contributed by atoms with Gasteiger partial charge in [-0.2, -0.15) is 0 Å². The third kappa shape index (κ3) is 3.34. The molecule has 1 aromatic carbocycles. The molecule has 1 amide bonds. The van der Waals surface area contributed by atoms with Crippen LogP contribution in [0.3, 0.4) is 0 Å². The summed E-state index contributed by atoms with van der Waals surface area (Å²) < 4.78 is 0.427. The number of thiazole rings is 1. The van der Waals surface area contributed by atoms with Gasteiger partial charge in [0.1, 0.15) is 0 Å². The molecule has 1 N–H and O–H groups in total. The van der Waals surface area contributed by atoms with Gasteiger partial charge in [-0.25, -0.2) is 4.98 Å². The van der Waals surface area contributed by atoms with Crippen molar-refractivity contribution in [1.82, 2.24) is 4.98 Å². The van der Waals surface area contributed by atoms with E-state index < -0.39 is 0 Å². The molecule has 3 aliphatic rings. The minimum absolute atomic E-state index is 0.150. The minimum atomic E-state index is 0.150. The lowest BCUT2D eigenvalue weighted by molar-refractivity contribution is -0.122. The van der Waals surface area contributed by atoms with Crippen LogP contribution >= 0.6 is 34.9 Å². The molecule has 2 aliphatic carbocycles. The zero-order chi connectivity index (χ0) is 18.3. The van der Waals surface area contributed by atoms with Gasteiger partial charge >= 0.3 is 0 Å². The number of aromatic nitrogens is 1. The van der Waals surface area contributed by atoms with Crippen molar-refractivity contribution in [3.63, 3.8) is 0 Å². The maximum Gasteiger partial charge on any atom is 0.229 e. The highest BCUT2D eigenvalue weighted by Gasteiger charge is 2.55. The topological polar surface area (TPSA) is 42.0 Å². The number of hydrogen-bond acceptors (Lipinski definition) is 5. The number of nitrogens with zero attached hydrogens (tertiary/aromatic N) is 1. The van der Waals surface area contributed by atoms with Crippen molar-refractivity contribution in [3.8, 4) is 11.3 Å². The van der Waals surface area contributed by atoms with Gasteiger partial charge in [-0.05, 0) is 37.5 Å². The van der Waals surface area contributed by atoms with Crippen molar-refractivity contribution in [2.45, 2.75) is 36.2 Å². The van der Waals surface area contributed by atoms with Crippen LogP contribution in [0.5, 0.6) is 0 Å². The fourth-order valence-corrected chi connectivity index (χ4v) is 9.76. The molecule has 2 heterocycles. The number of benzene rings is 1. The Morgan fingerprint density at radius 3 is 2.48 bits per heavy atom. The summed E-state index contributed by atoms with van der Waals surface area (Å²) in [5.41, 5.74) is 2.03. The zero-order valence-corrected chi connectivity index (χ0v) is 17.7. The van der Waals surface area contributed by atoms with Gasteiger partial charge in [0.05, 0.1) is 9.77 Å². The van der Waals surface area contributed by atoms with Gasteiger partial charge in [0.2, 0.25) is 5.91 Å². The van der Waals surface area contributed by atoms with Crippen molar-refractivity contribution in [2.75, 3.05) is 16.8 Å². The number of hydrogen-bond donors (Lipinski definition) is 1. The molecule has 142 valence electrons. The van der Waals surface area contributed by atoms with E-state index in [0.29, 0.717) is 15.9 Å². The summed E-state index contributed by atoms with van der Waals surface area (Å²) in [6, 6.07) is 10.1. The number of amides is 1. The van der Waals surface area contributed by atoms with Gasteiger partial charge in [-0.1, -0.05) is 36.8 Å². The van der Waals surface area contributed by atoms with Crippen molar-refractivity contribution in [2.24, 2.45) is 17.8 Å². The molecule has 1 spiro atoms. The van der Waals surface area contributed by atoms with E-state index in [1.807, 2.05) is 23.6 Å². The van der Waals surface area contributed by atoms with E-state index in [4.69, 9.17) is 0 Å². The quantitative estimate of drug-likeness (QED) is 0.691. The van der Waals surface area contributed by atoms with Gasteiger partial charge in [-0.3, -0.25) is 4.79 Å². The first-order chi connectivity index (χ1) is 13.2. The molecular formula is C21H24N2OS3. The smallest absolute Gasteiger partial charge is 0.229 e. The van der Waals surface area contributed by atoms with Crippen LogP contribution in [-0.2, 0) is 4.79 Å². The number of anilines is 1. The van der Waals surface area contributed by atoms with Crippen molar-refractivity contribution in [1.29, 1.82) is 0 Å². The summed E-state index contributed by atoms with van der Waals surface area (Å²) in [7, 11) is 0. The summed E-state index contributed by atoms with van der Waals surface area (Å²) >= 11 is 5.92. The number of rotatable bonds is 3. The molecule has 2 saturated carbocycles. The van der Waals surface area contributed by atoms with Gasteiger partial charge in [0.25, 0.3) is 0 Å². The summed E-state index contributed by atoms with van der Waals surface area (Å²) in [6.07, 6.45) is 6.06. The van der Waals surface area contributed by atoms with E-state index in [2.05, 4.69) is 46.0 Å². The first-order valence-electron chi connectivity index (χ1n) is 9.84. The lowest BCUT2D eigenvalue weighted by Crippen LogP contribution is -2.48. The first kappa shape index (κ1) is 18.1. The Morgan fingerprint density at radius 1 is 1.07 bits per heavy atom. The second-order valence-electron chi connectivity index (χ2n) is 7.80. The molecule has 1 aromatic heterocycles. The summed E-state index contributed by atoms with van der Waals surface area (Å²) in [6.45, 7) is 0. The molecule has 5 rings (SSSR count). The van der Waals surface area contributed by atoms with Crippen LogP contribution in [-0.4, -0.2) is 26.5 Å². The first-order valence-corrected chi connectivity index (χ1v) is 12.7. The van der Waals surface area contributed by atoms with Crippen LogP contribution in [0.25, 0.3) is 11.3 Å². The van der Waals surface area contributed by atoms with Gasteiger partial charge in [0.15, 0.2) is 5.13 Å². The maximum absolute atomic E-state index is 13.0. The summed E-state index contributed by atoms with van der Waals surface area (Å²) in [5.74, 6) is 4.32. The van der Waals surface area contributed by atoms with Crippen molar-refractivity contribution < 1.29 is 4.79 Å². The zero-order valence-electron chi connectivity index (χ0n) is 15.2. The number of thioether (sulfide) groups is 2. The number of carbonyl (C=O) groups is 1. The van der Waals surface area contributed by atoms with Gasteiger partial charge < -0.3 is 5.32 Å². The van der Waals surface area contributed by atoms with E-state index in [1.165, 1.54) is 42.1 Å². The number of nitrogens with one attached hydrogen (secondary N) is 1. The van der Waals surface area contributed by atoms with Crippen molar-refractivity contribution >= 4 is 45.9 Å². The van der Waals surface area contributed by atoms with Crippen LogP contribution in [0.2, 0.25) is 0 Å². The molecule has 1 saturated heterocycles. The fourth-order valence-electron chi connectivity index (χ4n) is 5.10. The molecule has 3 nitrogen and oxygen atoms in total. The van der Waals surface area contributed by atoms with Crippen LogP contribution in [0.1, 0.15) is 32.1 Å². The molecule has 2 aromatic rings. The summed E-state index contributed by atoms with van der Waals surface area (Å²) in [5, 5.41) is 5.88. The average molecular weight is 417 g/mol. The normalized spacial score (nSPS) is 29.0. The van der Waals surface area contributed by atoms with Crippen LogP contribution < -0.4 is 5.32 Å². The highest BCUT2D eigenvalue weighted by molar-refractivity contribution is 8.21. The maximum atomic E-state index is 13.0. The fraction of sp³-hybridized carbons (Fsp3) is 0.524. The molecule has 6 heteroatoms. The predicted molar refractivity (Wildman–Crippen MR) is 117 cm³/mol. The Morgan fingerprint density at radius 2 is 1.78 bits per heavy atom. The van der Waals surface area contributed by atoms with E-state index in [-0.39, 0.29) is 11.8 Å². The largest absolute Gasteiger partial charge is 0.302 e. The minimum Gasteiger partial charge on any atom is -0.302 e. The Hall–Kier alpha value is -0.980. The predicted octanol–water partition coefficient (Wildman–Crippen LogP) is 5.75. The number of carbonyl (C=O) groups excluding carboxylic acids is 1. The molecule has 1 aliphatic heterocycles. The van der Waals surface area contributed by atoms with Crippen LogP contribution in [0.4, 0.5) is 5.13 Å². The molecule has 2 bridgehead atoms. The van der Waals surface area contributed by atoms with E-state index in [1.54, 1.807) is 0 Å². The standard InChI is InChI=1S/C21H24N2OS3/c24-19(23-20-22-18(13-25-20)14-5-2-1-3-6-14)15-11-16-7-4-8-17(12-15)21(16)26-9-10-27-21/h1-3,5-6,13,15-17H,4,7-12H2,(H,22,23,24). The molecule has 0 radical (unpaired) electrons. The van der Waals surface area contributed by atoms with Crippen LogP contribution in [0, 0.1) is 17.8 Å². The second-order valence-corrected chi connectivity index (χ2v) is 11.7. The summed E-state index contributed by atoms with van der Waals surface area (Å²) in [4.78, 5) is 17.6. The molecule has 2 atom stereocenters. The molecule has 3 fully saturated rings. The average Bonchev–Trinajstić information content (AvgIpc) is 3.33. The second kappa shape index (κ2) is 7.45. The van der Waals surface area contributed by atoms with Crippen LogP contribution in [0.15, 0.2) is 35.7 Å². The third-order valence-electron chi connectivity index (χ3n) is 6.29. The highest BCUT2D eigenvalue weighted by atomic mass is 32.2. The van der Waals surface area contributed by atoms with Gasteiger partial charge in [0, 0.05) is 28.4 Å². The van der Waals surface area contributed by atoms with Gasteiger partial charge in [-0.15, -0.1) is 34.9 Å². The Balaban J connectivity index is 1.28. The molecule has 2 unspecified atom stereocenters. The van der Waals surface area contributed by atoms with E-state index in [9.17, 15) is 4.79 Å². The Kier molecular flexibility index (Phi) is 4.99. The Bertz CT molecular complexity index is 800. The monoisotopic (exact) mass is 416 g/mol. The third-order valence-corrected chi connectivity index (χ3v) is 11.1. The van der Waals surface area contributed by atoms with E-state index in [0.717, 1.165) is 29.2 Å². The lowest BCUT2D eigenvalue weighted by Gasteiger charge is -2.51. The lowest BCUT2D eigenvalue weighted by atomic mass is 9.67. The highest BCUT2D eigenvalue weighted by Crippen LogP contribution is 2.64. The molecule has 27 heavy (non-hydrogen) atoms. The van der Waals surface area contributed by atoms with E-state index >= 15 is 0 Å². The van der Waals surface area contributed by atoms with Crippen molar-refractivity contribution in [3.05, 3.63) is 35.7 Å². The molecular weight excluding hydrogens is 392 g/mol. The SMILES string of the molecule is O=C(Nc1nc(-c2ccccc2)cs1)C1CC2CCCC(C1)C21SCCS1.